The number of carbonyl (C=O) groups excluding carboxylic acids is 2. The van der Waals surface area contributed by atoms with Gasteiger partial charge in [0.25, 0.3) is 0 Å². The van der Waals surface area contributed by atoms with Crippen LogP contribution in [0.4, 0.5) is 4.79 Å². The highest BCUT2D eigenvalue weighted by atomic mass is 16.5. The maximum absolute atomic E-state index is 12.3. The minimum Gasteiger partial charge on any atom is -0.481 e. The topological polar surface area (TPSA) is 114 Å². The summed E-state index contributed by atoms with van der Waals surface area (Å²) in [6.45, 7) is 0.679. The van der Waals surface area contributed by atoms with Gasteiger partial charge in [0.2, 0.25) is 5.91 Å². The standard InChI is InChI=1S/C25H28N2O6/c1-32-16(11-23(28)26-12-15-10-21(15)24(29)30)13-27-25(31)33-14-22-19-8-4-2-6-17(19)18-7-3-5-9-20(18)22/h2-9,15-16,21-22H,10-14H2,1H3,(H,26,28)(H,27,31)(H,29,30)/t15-,16?,21-/m0/s1. The second-order valence-electron chi connectivity index (χ2n) is 8.51. The molecule has 3 N–H and O–H groups in total. The van der Waals surface area contributed by atoms with Crippen LogP contribution in [0.1, 0.15) is 29.9 Å². The van der Waals surface area contributed by atoms with Crippen molar-refractivity contribution in [3.05, 3.63) is 59.7 Å². The van der Waals surface area contributed by atoms with E-state index in [9.17, 15) is 14.4 Å². The zero-order valence-corrected chi connectivity index (χ0v) is 18.5. The molecule has 0 radical (unpaired) electrons. The average Bonchev–Trinajstić information content (AvgIpc) is 3.55. The molecule has 1 fully saturated rings. The van der Waals surface area contributed by atoms with E-state index in [1.807, 2.05) is 24.3 Å². The average molecular weight is 453 g/mol. The molecule has 8 heteroatoms. The van der Waals surface area contributed by atoms with Gasteiger partial charge in [-0.05, 0) is 34.6 Å². The minimum atomic E-state index is -0.823. The van der Waals surface area contributed by atoms with Crippen LogP contribution in [0.15, 0.2) is 48.5 Å². The van der Waals surface area contributed by atoms with E-state index in [2.05, 4.69) is 34.9 Å². The molecule has 174 valence electrons. The van der Waals surface area contributed by atoms with E-state index in [0.717, 1.165) is 22.3 Å². The van der Waals surface area contributed by atoms with E-state index >= 15 is 0 Å². The maximum Gasteiger partial charge on any atom is 0.407 e. The van der Waals surface area contributed by atoms with Crippen LogP contribution in [0.3, 0.4) is 0 Å². The van der Waals surface area contributed by atoms with Crippen molar-refractivity contribution in [2.45, 2.75) is 24.9 Å². The molecule has 0 spiro atoms. The molecule has 2 aromatic rings. The molecule has 0 aliphatic heterocycles. The molecular formula is C25H28N2O6. The third-order valence-corrected chi connectivity index (χ3v) is 6.37. The number of aliphatic carboxylic acids is 1. The van der Waals surface area contributed by atoms with E-state index in [0.29, 0.717) is 13.0 Å². The van der Waals surface area contributed by atoms with Gasteiger partial charge in [-0.3, -0.25) is 9.59 Å². The molecule has 2 aliphatic carbocycles. The number of benzene rings is 2. The quantitative estimate of drug-likeness (QED) is 0.511. The number of ether oxygens (including phenoxy) is 2. The summed E-state index contributed by atoms with van der Waals surface area (Å²) in [7, 11) is 1.47. The highest BCUT2D eigenvalue weighted by Gasteiger charge is 2.43. The number of alkyl carbamates (subject to hydrolysis) is 1. The molecule has 1 saturated carbocycles. The molecule has 2 amide bonds. The molecule has 33 heavy (non-hydrogen) atoms. The fourth-order valence-electron chi connectivity index (χ4n) is 4.38. The fourth-order valence-corrected chi connectivity index (χ4v) is 4.38. The first-order valence-electron chi connectivity index (χ1n) is 11.1. The lowest BCUT2D eigenvalue weighted by molar-refractivity contribution is -0.139. The molecular weight excluding hydrogens is 424 g/mol. The van der Waals surface area contributed by atoms with Gasteiger partial charge in [-0.15, -0.1) is 0 Å². The van der Waals surface area contributed by atoms with Crippen molar-refractivity contribution in [1.29, 1.82) is 0 Å². The van der Waals surface area contributed by atoms with Crippen molar-refractivity contribution in [3.8, 4) is 11.1 Å². The normalized spacial score (nSPS) is 19.2. The monoisotopic (exact) mass is 452 g/mol. The van der Waals surface area contributed by atoms with Gasteiger partial charge in [-0.1, -0.05) is 48.5 Å². The maximum atomic E-state index is 12.3. The molecule has 2 aliphatic rings. The molecule has 4 rings (SSSR count). The molecule has 1 unspecified atom stereocenters. The van der Waals surface area contributed by atoms with E-state index in [1.165, 1.54) is 7.11 Å². The Kier molecular flexibility index (Phi) is 6.93. The van der Waals surface area contributed by atoms with Crippen LogP contribution in [0.25, 0.3) is 11.1 Å². The lowest BCUT2D eigenvalue weighted by atomic mass is 9.98. The number of hydrogen-bond donors (Lipinski definition) is 3. The van der Waals surface area contributed by atoms with Crippen LogP contribution in [0, 0.1) is 11.8 Å². The number of fused-ring (bicyclic) bond motifs is 3. The number of amides is 2. The summed E-state index contributed by atoms with van der Waals surface area (Å²) in [4.78, 5) is 35.3. The van der Waals surface area contributed by atoms with Gasteiger partial charge in [0.1, 0.15) is 6.61 Å². The Morgan fingerprint density at radius 1 is 1.03 bits per heavy atom. The molecule has 0 saturated heterocycles. The van der Waals surface area contributed by atoms with E-state index in [-0.39, 0.29) is 43.2 Å². The van der Waals surface area contributed by atoms with Gasteiger partial charge in [0.15, 0.2) is 0 Å². The Hall–Kier alpha value is -3.39. The highest BCUT2D eigenvalue weighted by Crippen LogP contribution is 2.44. The number of rotatable bonds is 10. The number of hydrogen-bond acceptors (Lipinski definition) is 5. The third kappa shape index (κ3) is 5.34. The van der Waals surface area contributed by atoms with Gasteiger partial charge >= 0.3 is 12.1 Å². The van der Waals surface area contributed by atoms with E-state index in [1.54, 1.807) is 0 Å². The molecule has 3 atom stereocenters. The van der Waals surface area contributed by atoms with Gasteiger partial charge in [-0.25, -0.2) is 4.79 Å². The predicted molar refractivity (Wildman–Crippen MR) is 121 cm³/mol. The Labute approximate surface area is 192 Å². The fraction of sp³-hybridized carbons (Fsp3) is 0.400. The summed E-state index contributed by atoms with van der Waals surface area (Å²) in [6, 6.07) is 16.2. The SMILES string of the molecule is COC(CNC(=O)OCC1c2ccccc2-c2ccccc21)CC(=O)NC[C@@H]1C[C@@H]1C(=O)O. The lowest BCUT2D eigenvalue weighted by Crippen LogP contribution is -2.38. The Morgan fingerprint density at radius 2 is 1.67 bits per heavy atom. The molecule has 0 aromatic heterocycles. The number of methoxy groups -OCH3 is 1. The zero-order chi connectivity index (χ0) is 23.4. The summed E-state index contributed by atoms with van der Waals surface area (Å²) in [5, 5.41) is 14.3. The van der Waals surface area contributed by atoms with Crippen molar-refractivity contribution < 1.29 is 29.0 Å². The summed E-state index contributed by atoms with van der Waals surface area (Å²) in [5.74, 6) is -1.46. The van der Waals surface area contributed by atoms with Crippen molar-refractivity contribution in [2.24, 2.45) is 11.8 Å². The molecule has 0 heterocycles. The van der Waals surface area contributed by atoms with Gasteiger partial charge in [0.05, 0.1) is 18.4 Å². The van der Waals surface area contributed by atoms with Gasteiger partial charge < -0.3 is 25.2 Å². The third-order valence-electron chi connectivity index (χ3n) is 6.37. The Morgan fingerprint density at radius 3 is 2.24 bits per heavy atom. The molecule has 0 bridgehead atoms. The lowest BCUT2D eigenvalue weighted by Gasteiger charge is -2.17. The number of nitrogens with one attached hydrogen (secondary N) is 2. The van der Waals surface area contributed by atoms with E-state index in [4.69, 9.17) is 14.6 Å². The van der Waals surface area contributed by atoms with Gasteiger partial charge in [0, 0.05) is 26.1 Å². The Bertz CT molecular complexity index is 994. The van der Waals surface area contributed by atoms with Crippen LogP contribution < -0.4 is 10.6 Å². The summed E-state index contributed by atoms with van der Waals surface area (Å²) in [5.41, 5.74) is 4.60. The summed E-state index contributed by atoms with van der Waals surface area (Å²) < 4.78 is 10.8. The molecule has 2 aromatic carbocycles. The summed E-state index contributed by atoms with van der Waals surface area (Å²) in [6.07, 6.45) is -0.432. The van der Waals surface area contributed by atoms with Crippen LogP contribution in [-0.4, -0.2) is 56.0 Å². The first-order valence-corrected chi connectivity index (χ1v) is 11.1. The largest absolute Gasteiger partial charge is 0.481 e. The first-order chi connectivity index (χ1) is 16.0. The Balaban J connectivity index is 1.22. The number of carboxylic acid groups (broad SMARTS) is 1. The highest BCUT2D eigenvalue weighted by molar-refractivity contribution is 5.79. The van der Waals surface area contributed by atoms with Crippen molar-refractivity contribution in [3.63, 3.8) is 0 Å². The van der Waals surface area contributed by atoms with Crippen LogP contribution in [0.2, 0.25) is 0 Å². The number of carbonyl (C=O) groups is 3. The first kappa shape index (κ1) is 22.8. The second-order valence-corrected chi connectivity index (χ2v) is 8.51. The van der Waals surface area contributed by atoms with Crippen molar-refractivity contribution >= 4 is 18.0 Å². The zero-order valence-electron chi connectivity index (χ0n) is 18.5. The van der Waals surface area contributed by atoms with Crippen LogP contribution in [0.5, 0.6) is 0 Å². The van der Waals surface area contributed by atoms with Crippen molar-refractivity contribution in [2.75, 3.05) is 26.8 Å². The van der Waals surface area contributed by atoms with Crippen LogP contribution >= 0.6 is 0 Å². The molecule has 8 nitrogen and oxygen atoms in total. The predicted octanol–water partition coefficient (Wildman–Crippen LogP) is 2.77. The minimum absolute atomic E-state index is 0.00797. The van der Waals surface area contributed by atoms with Crippen LogP contribution in [-0.2, 0) is 19.1 Å². The van der Waals surface area contributed by atoms with Crippen molar-refractivity contribution in [1.82, 2.24) is 10.6 Å². The summed E-state index contributed by atoms with van der Waals surface area (Å²) >= 11 is 0. The smallest absolute Gasteiger partial charge is 0.407 e. The number of carboxylic acids is 1. The van der Waals surface area contributed by atoms with E-state index < -0.39 is 18.2 Å². The second kappa shape index (κ2) is 10.0. The van der Waals surface area contributed by atoms with Gasteiger partial charge in [-0.2, -0.15) is 0 Å².